The summed E-state index contributed by atoms with van der Waals surface area (Å²) >= 11 is 0. The van der Waals surface area contributed by atoms with Gasteiger partial charge in [0.2, 0.25) is 0 Å². The van der Waals surface area contributed by atoms with Gasteiger partial charge in [0.1, 0.15) is 11.2 Å². The van der Waals surface area contributed by atoms with Gasteiger partial charge >= 0.3 is 0 Å². The van der Waals surface area contributed by atoms with Crippen LogP contribution in [0.4, 0.5) is 34.1 Å². The predicted octanol–water partition coefficient (Wildman–Crippen LogP) is 19.9. The number of fused-ring (bicyclic) bond motifs is 20. The second-order valence-electron chi connectivity index (χ2n) is 22.4. The van der Waals surface area contributed by atoms with Gasteiger partial charge in [0, 0.05) is 43.7 Å². The SMILES string of the molecule is Cc1ccc(N(c2cc3c(c4ccccc24)-c2c(cc(N(c4ccc([Si](C)(C)C)cc4)c4cccc5c4oc4ccccc45)c4ccccc24)C32c3ccccc3-c3ccccc32)c2cccc3c2oc2ccccc23)cc1. The largest absolute Gasteiger partial charge is 0.454 e. The first-order valence-electron chi connectivity index (χ1n) is 27.2. The van der Waals surface area contributed by atoms with Gasteiger partial charge < -0.3 is 18.6 Å². The predicted molar refractivity (Wildman–Crippen MR) is 329 cm³/mol. The number of aryl methyl sites for hydroxylation is 1. The molecule has 4 nitrogen and oxygen atoms in total. The Morgan fingerprint density at radius 1 is 0.333 bits per heavy atom. The highest BCUT2D eigenvalue weighted by Crippen LogP contribution is 2.67. The van der Waals surface area contributed by atoms with Crippen LogP contribution in [0.5, 0.6) is 0 Å². The van der Waals surface area contributed by atoms with E-state index in [2.05, 4.69) is 279 Å². The number of anilines is 6. The van der Waals surface area contributed by atoms with E-state index in [1.54, 1.807) is 0 Å². The molecule has 0 N–H and O–H groups in total. The van der Waals surface area contributed by atoms with E-state index in [4.69, 9.17) is 8.83 Å². The van der Waals surface area contributed by atoms with Crippen molar-refractivity contribution in [2.24, 2.45) is 0 Å². The third-order valence-corrected chi connectivity index (χ3v) is 19.1. The molecule has 0 aliphatic heterocycles. The van der Waals surface area contributed by atoms with Gasteiger partial charge in [-0.1, -0.05) is 212 Å². The first-order valence-corrected chi connectivity index (χ1v) is 30.7. The van der Waals surface area contributed by atoms with E-state index in [0.29, 0.717) is 0 Å². The molecule has 0 unspecified atom stereocenters. The molecule has 0 bridgehead atoms. The summed E-state index contributed by atoms with van der Waals surface area (Å²) in [5.74, 6) is 0. The van der Waals surface area contributed by atoms with E-state index in [-0.39, 0.29) is 0 Å². The van der Waals surface area contributed by atoms with E-state index < -0.39 is 13.5 Å². The number of hydrogen-bond donors (Lipinski definition) is 0. The van der Waals surface area contributed by atoms with E-state index in [1.807, 2.05) is 0 Å². The Morgan fingerprint density at radius 2 is 0.718 bits per heavy atom. The van der Waals surface area contributed by atoms with Crippen LogP contribution >= 0.6 is 0 Å². The van der Waals surface area contributed by atoms with E-state index in [1.165, 1.54) is 66.0 Å². The third-order valence-electron chi connectivity index (χ3n) is 17.1. The molecule has 0 saturated heterocycles. The zero-order chi connectivity index (χ0) is 52.0. The highest BCUT2D eigenvalue weighted by molar-refractivity contribution is 6.88. The number of hydrogen-bond acceptors (Lipinski definition) is 4. The second kappa shape index (κ2) is 16.5. The van der Waals surface area contributed by atoms with Crippen molar-refractivity contribution in [1.29, 1.82) is 0 Å². The molecule has 1 spiro atoms. The molecule has 78 heavy (non-hydrogen) atoms. The van der Waals surface area contributed by atoms with Crippen molar-refractivity contribution in [1.82, 2.24) is 0 Å². The van der Waals surface area contributed by atoms with Crippen LogP contribution in [0.25, 0.3) is 87.7 Å². The molecule has 2 aromatic heterocycles. The molecule has 2 aliphatic carbocycles. The number of para-hydroxylation sites is 4. The van der Waals surface area contributed by atoms with Gasteiger partial charge in [0.15, 0.2) is 11.2 Å². The van der Waals surface area contributed by atoms with Crippen LogP contribution in [0, 0.1) is 6.92 Å². The van der Waals surface area contributed by atoms with Gasteiger partial charge in [0.25, 0.3) is 0 Å². The van der Waals surface area contributed by atoms with Crippen molar-refractivity contribution in [3.05, 3.63) is 270 Å². The normalized spacial score (nSPS) is 13.2. The second-order valence-corrected chi connectivity index (χ2v) is 27.5. The molecule has 2 heterocycles. The lowest BCUT2D eigenvalue weighted by atomic mass is 9.70. The topological polar surface area (TPSA) is 32.8 Å². The fourth-order valence-electron chi connectivity index (χ4n) is 13.6. The van der Waals surface area contributed by atoms with Crippen LogP contribution in [0.2, 0.25) is 19.6 Å². The van der Waals surface area contributed by atoms with Crippen LogP contribution < -0.4 is 15.0 Å². The van der Waals surface area contributed by atoms with E-state index >= 15 is 0 Å². The molecule has 16 rings (SSSR count). The van der Waals surface area contributed by atoms with Gasteiger partial charge in [-0.3, -0.25) is 0 Å². The van der Waals surface area contributed by atoms with Crippen LogP contribution in [0.3, 0.4) is 0 Å². The molecule has 5 heteroatoms. The summed E-state index contributed by atoms with van der Waals surface area (Å²) in [4.78, 5) is 4.95. The van der Waals surface area contributed by atoms with Crippen LogP contribution in [0.1, 0.15) is 27.8 Å². The van der Waals surface area contributed by atoms with Crippen molar-refractivity contribution < 1.29 is 8.83 Å². The maximum Gasteiger partial charge on any atom is 0.159 e. The number of nitrogens with zero attached hydrogens (tertiary/aromatic N) is 2. The maximum absolute atomic E-state index is 6.99. The number of benzene rings is 12. The van der Waals surface area contributed by atoms with Crippen LogP contribution in [0.15, 0.2) is 251 Å². The van der Waals surface area contributed by atoms with Crippen molar-refractivity contribution in [2.45, 2.75) is 32.0 Å². The van der Waals surface area contributed by atoms with E-state index in [9.17, 15) is 0 Å². The maximum atomic E-state index is 6.99. The Balaban J connectivity index is 1.05. The minimum atomic E-state index is -1.65. The smallest absolute Gasteiger partial charge is 0.159 e. The van der Waals surface area contributed by atoms with Crippen molar-refractivity contribution in [3.8, 4) is 22.3 Å². The summed E-state index contributed by atoms with van der Waals surface area (Å²) < 4.78 is 13.9. The molecule has 0 radical (unpaired) electrons. The minimum Gasteiger partial charge on any atom is -0.454 e. The average molecular weight is 1020 g/mol. The van der Waals surface area contributed by atoms with Crippen LogP contribution in [-0.4, -0.2) is 8.07 Å². The van der Waals surface area contributed by atoms with Gasteiger partial charge in [-0.25, -0.2) is 0 Å². The summed E-state index contributed by atoms with van der Waals surface area (Å²) in [6.45, 7) is 9.43. The standard InChI is InChI=1S/C73H52N2O2Si/c1-45-35-37-46(38-36-45)74(63-31-17-27-57-53-23-11-15-33-67(53)76-71(57)63)65-43-61-69(55-25-7-5-21-51(55)65)70-56-26-8-6-22-52(56)66(44-62(70)73(61)59-29-13-9-19-49(59)50-20-10-14-30-60(50)73)75(47-39-41-48(42-40-47)78(2,3)4)64-32-18-28-58-54-24-12-16-34-68(54)77-72(58)64/h5-44H,1-4H3. The molecule has 370 valence electrons. The molecule has 0 saturated carbocycles. The minimum absolute atomic E-state index is 0.738. The zero-order valence-electron chi connectivity index (χ0n) is 43.8. The first kappa shape index (κ1) is 44.8. The highest BCUT2D eigenvalue weighted by Gasteiger charge is 2.53. The summed E-state index contributed by atoms with van der Waals surface area (Å²) in [5.41, 5.74) is 20.3. The number of rotatable bonds is 7. The summed E-state index contributed by atoms with van der Waals surface area (Å²) in [6.07, 6.45) is 0. The molecular weight excluding hydrogens is 965 g/mol. The fourth-order valence-corrected chi connectivity index (χ4v) is 14.8. The van der Waals surface area contributed by atoms with Gasteiger partial charge in [0.05, 0.1) is 36.2 Å². The van der Waals surface area contributed by atoms with Crippen molar-refractivity contribution in [3.63, 3.8) is 0 Å². The van der Waals surface area contributed by atoms with Crippen molar-refractivity contribution >= 4 is 113 Å². The number of furan rings is 2. The van der Waals surface area contributed by atoms with Gasteiger partial charge in [-0.15, -0.1) is 0 Å². The molecule has 0 amide bonds. The summed E-state index contributed by atoms with van der Waals surface area (Å²) in [5, 5.41) is 10.5. The highest BCUT2D eigenvalue weighted by atomic mass is 28.3. The molecule has 2 aliphatic rings. The lowest BCUT2D eigenvalue weighted by Gasteiger charge is -2.34. The summed E-state index contributed by atoms with van der Waals surface area (Å²) in [6, 6.07) is 90.1. The molecule has 0 atom stereocenters. The first-order chi connectivity index (χ1) is 38.3. The summed E-state index contributed by atoms with van der Waals surface area (Å²) in [7, 11) is -1.65. The van der Waals surface area contributed by atoms with Gasteiger partial charge in [-0.2, -0.15) is 0 Å². The molecular formula is C73H52N2O2Si. The Morgan fingerprint density at radius 3 is 1.18 bits per heavy atom. The quantitative estimate of drug-likeness (QED) is 0.149. The van der Waals surface area contributed by atoms with Crippen molar-refractivity contribution in [2.75, 3.05) is 9.80 Å². The van der Waals surface area contributed by atoms with Crippen LogP contribution in [-0.2, 0) is 5.41 Å². The lowest BCUT2D eigenvalue weighted by Crippen LogP contribution is -2.37. The zero-order valence-corrected chi connectivity index (χ0v) is 44.8. The van der Waals surface area contributed by atoms with Gasteiger partial charge in [-0.05, 0) is 123 Å². The molecule has 12 aromatic carbocycles. The monoisotopic (exact) mass is 1020 g/mol. The van der Waals surface area contributed by atoms with E-state index in [0.717, 1.165) is 88.8 Å². The third kappa shape index (κ3) is 6.22. The Kier molecular flexibility index (Phi) is 9.51. The lowest BCUT2D eigenvalue weighted by molar-refractivity contribution is 0.669. The molecule has 0 fully saturated rings. The average Bonchev–Trinajstić information content (AvgIpc) is 3.27. The Hall–Kier alpha value is -9.42. The Bertz CT molecular complexity index is 4760. The Labute approximate surface area is 453 Å². The fraction of sp³-hybridized carbons (Fsp3) is 0.0685. The molecule has 14 aromatic rings.